The predicted octanol–water partition coefficient (Wildman–Crippen LogP) is 2.45. The second-order valence-electron chi connectivity index (χ2n) is 3.22. The SMILES string of the molecule is C=CCC(C)(C)C(=O)OCSC. The second-order valence-corrected chi connectivity index (χ2v) is 4.03. The van der Waals surface area contributed by atoms with Gasteiger partial charge in [-0.15, -0.1) is 18.3 Å². The van der Waals surface area contributed by atoms with E-state index in [2.05, 4.69) is 6.58 Å². The molecular weight excluding hydrogens is 172 g/mol. The van der Waals surface area contributed by atoms with E-state index in [-0.39, 0.29) is 5.97 Å². The van der Waals surface area contributed by atoms with E-state index in [1.165, 1.54) is 11.8 Å². The van der Waals surface area contributed by atoms with Gasteiger partial charge in [-0.05, 0) is 26.5 Å². The molecule has 0 amide bonds. The van der Waals surface area contributed by atoms with Gasteiger partial charge in [0.05, 0.1) is 5.41 Å². The Morgan fingerprint density at radius 2 is 2.25 bits per heavy atom. The van der Waals surface area contributed by atoms with Crippen molar-refractivity contribution in [3.63, 3.8) is 0 Å². The fraction of sp³-hybridized carbons (Fsp3) is 0.667. The molecule has 0 N–H and O–H groups in total. The molecule has 70 valence electrons. The number of esters is 1. The Labute approximate surface area is 78.4 Å². The molecule has 0 bridgehead atoms. The van der Waals surface area contributed by atoms with E-state index >= 15 is 0 Å². The fourth-order valence-electron chi connectivity index (χ4n) is 0.752. The first-order valence-corrected chi connectivity index (χ1v) is 5.21. The molecular formula is C9H16O2S. The number of allylic oxidation sites excluding steroid dienone is 1. The van der Waals surface area contributed by atoms with Gasteiger partial charge >= 0.3 is 5.97 Å². The maximum Gasteiger partial charge on any atom is 0.312 e. The van der Waals surface area contributed by atoms with Crippen molar-refractivity contribution >= 4 is 17.7 Å². The summed E-state index contributed by atoms with van der Waals surface area (Å²) in [5.41, 5.74) is -0.433. The van der Waals surface area contributed by atoms with Crippen LogP contribution in [-0.2, 0) is 9.53 Å². The molecule has 0 radical (unpaired) electrons. The van der Waals surface area contributed by atoms with Crippen LogP contribution in [0, 0.1) is 5.41 Å². The van der Waals surface area contributed by atoms with E-state index in [1.807, 2.05) is 20.1 Å². The Bertz CT molecular complexity index is 164. The summed E-state index contributed by atoms with van der Waals surface area (Å²) in [6.07, 6.45) is 4.29. The van der Waals surface area contributed by atoms with Crippen LogP contribution in [0.2, 0.25) is 0 Å². The molecule has 2 nitrogen and oxygen atoms in total. The summed E-state index contributed by atoms with van der Waals surface area (Å²) in [4.78, 5) is 11.3. The third-order valence-corrected chi connectivity index (χ3v) is 1.87. The van der Waals surface area contributed by atoms with Crippen molar-refractivity contribution in [2.75, 3.05) is 12.2 Å². The van der Waals surface area contributed by atoms with E-state index in [4.69, 9.17) is 4.74 Å². The third kappa shape index (κ3) is 3.81. The molecule has 0 aliphatic carbocycles. The molecule has 3 heteroatoms. The molecule has 0 rings (SSSR count). The Balaban J connectivity index is 3.96. The van der Waals surface area contributed by atoms with E-state index in [1.54, 1.807) is 6.08 Å². The van der Waals surface area contributed by atoms with Gasteiger partial charge < -0.3 is 4.74 Å². The normalized spacial score (nSPS) is 10.9. The molecule has 12 heavy (non-hydrogen) atoms. The van der Waals surface area contributed by atoms with Crippen LogP contribution in [0.4, 0.5) is 0 Å². The Kier molecular flexibility index (Phi) is 5.06. The highest BCUT2D eigenvalue weighted by atomic mass is 32.2. The largest absolute Gasteiger partial charge is 0.454 e. The van der Waals surface area contributed by atoms with Crippen molar-refractivity contribution in [2.45, 2.75) is 20.3 Å². The van der Waals surface area contributed by atoms with Crippen LogP contribution < -0.4 is 0 Å². The zero-order chi connectivity index (χ0) is 9.61. The number of carbonyl (C=O) groups excluding carboxylic acids is 1. The summed E-state index contributed by atoms with van der Waals surface area (Å²) < 4.78 is 4.98. The van der Waals surface area contributed by atoms with Gasteiger partial charge in [-0.2, -0.15) is 0 Å². The molecule has 0 aromatic rings. The third-order valence-electron chi connectivity index (χ3n) is 1.52. The number of hydrogen-bond acceptors (Lipinski definition) is 3. The fourth-order valence-corrected chi connectivity index (χ4v) is 0.977. The molecule has 0 aromatic carbocycles. The smallest absolute Gasteiger partial charge is 0.312 e. The Hall–Kier alpha value is -0.440. The van der Waals surface area contributed by atoms with Gasteiger partial charge in [0.15, 0.2) is 0 Å². The van der Waals surface area contributed by atoms with Gasteiger partial charge in [-0.1, -0.05) is 6.08 Å². The minimum Gasteiger partial charge on any atom is -0.454 e. The monoisotopic (exact) mass is 188 g/mol. The first-order valence-electron chi connectivity index (χ1n) is 3.81. The van der Waals surface area contributed by atoms with Gasteiger partial charge in [0.1, 0.15) is 5.94 Å². The molecule has 0 unspecified atom stereocenters. The van der Waals surface area contributed by atoms with E-state index in [9.17, 15) is 4.79 Å². The van der Waals surface area contributed by atoms with Crippen LogP contribution in [0.1, 0.15) is 20.3 Å². The van der Waals surface area contributed by atoms with Crippen LogP contribution >= 0.6 is 11.8 Å². The average molecular weight is 188 g/mol. The first-order chi connectivity index (χ1) is 5.54. The maximum atomic E-state index is 11.3. The number of hydrogen-bond donors (Lipinski definition) is 0. The molecule has 0 atom stereocenters. The molecule has 0 heterocycles. The minimum absolute atomic E-state index is 0.156. The highest BCUT2D eigenvalue weighted by Gasteiger charge is 2.27. The van der Waals surface area contributed by atoms with Crippen molar-refractivity contribution < 1.29 is 9.53 Å². The van der Waals surface area contributed by atoms with E-state index in [0.717, 1.165) is 0 Å². The summed E-state index contributed by atoms with van der Waals surface area (Å²) in [5, 5.41) is 0. The lowest BCUT2D eigenvalue weighted by molar-refractivity contribution is -0.151. The minimum atomic E-state index is -0.433. The molecule has 0 aliphatic heterocycles. The van der Waals surface area contributed by atoms with Crippen LogP contribution in [0.3, 0.4) is 0 Å². The second kappa shape index (κ2) is 5.25. The van der Waals surface area contributed by atoms with Crippen LogP contribution in [0.25, 0.3) is 0 Å². The first kappa shape index (κ1) is 11.6. The van der Waals surface area contributed by atoms with Gasteiger partial charge in [0.2, 0.25) is 0 Å². The van der Waals surface area contributed by atoms with Crippen molar-refractivity contribution in [1.29, 1.82) is 0 Å². The maximum absolute atomic E-state index is 11.3. The molecule has 0 saturated carbocycles. The number of ether oxygens (including phenoxy) is 1. The highest BCUT2D eigenvalue weighted by molar-refractivity contribution is 7.98. The van der Waals surface area contributed by atoms with Crippen molar-refractivity contribution in [2.24, 2.45) is 5.41 Å². The summed E-state index contributed by atoms with van der Waals surface area (Å²) in [7, 11) is 0. The summed E-state index contributed by atoms with van der Waals surface area (Å²) in [6.45, 7) is 7.31. The van der Waals surface area contributed by atoms with Gasteiger partial charge in [-0.25, -0.2) is 0 Å². The van der Waals surface area contributed by atoms with E-state index in [0.29, 0.717) is 12.4 Å². The van der Waals surface area contributed by atoms with Gasteiger partial charge in [0.25, 0.3) is 0 Å². The lowest BCUT2D eigenvalue weighted by Crippen LogP contribution is -2.25. The number of carbonyl (C=O) groups is 1. The Morgan fingerprint density at radius 1 is 1.67 bits per heavy atom. The standard InChI is InChI=1S/C9H16O2S/c1-5-6-9(2,3)8(10)11-7-12-4/h5H,1,6-7H2,2-4H3. The molecule has 0 aliphatic rings. The van der Waals surface area contributed by atoms with Crippen LogP contribution in [0.15, 0.2) is 12.7 Å². The predicted molar refractivity (Wildman–Crippen MR) is 53.1 cm³/mol. The van der Waals surface area contributed by atoms with Gasteiger partial charge in [0, 0.05) is 0 Å². The summed E-state index contributed by atoms with van der Waals surface area (Å²) in [6, 6.07) is 0. The topological polar surface area (TPSA) is 26.3 Å². The van der Waals surface area contributed by atoms with Crippen molar-refractivity contribution in [3.8, 4) is 0 Å². The quantitative estimate of drug-likeness (QED) is 0.376. The summed E-state index contributed by atoms with van der Waals surface area (Å²) >= 11 is 1.50. The van der Waals surface area contributed by atoms with Crippen LogP contribution in [-0.4, -0.2) is 18.2 Å². The average Bonchev–Trinajstić information content (AvgIpc) is 2.00. The van der Waals surface area contributed by atoms with Crippen molar-refractivity contribution in [3.05, 3.63) is 12.7 Å². The number of rotatable bonds is 5. The zero-order valence-electron chi connectivity index (χ0n) is 7.92. The molecule has 0 saturated heterocycles. The highest BCUT2D eigenvalue weighted by Crippen LogP contribution is 2.22. The summed E-state index contributed by atoms with van der Waals surface area (Å²) in [5.74, 6) is 0.274. The van der Waals surface area contributed by atoms with Gasteiger partial charge in [-0.3, -0.25) is 4.79 Å². The van der Waals surface area contributed by atoms with Crippen LogP contribution in [0.5, 0.6) is 0 Å². The zero-order valence-corrected chi connectivity index (χ0v) is 8.74. The van der Waals surface area contributed by atoms with Crippen molar-refractivity contribution in [1.82, 2.24) is 0 Å². The molecule has 0 spiro atoms. The lowest BCUT2D eigenvalue weighted by atomic mass is 9.90. The lowest BCUT2D eigenvalue weighted by Gasteiger charge is -2.19. The molecule has 0 fully saturated rings. The number of thioether (sulfide) groups is 1. The Morgan fingerprint density at radius 3 is 2.67 bits per heavy atom. The van der Waals surface area contributed by atoms with E-state index < -0.39 is 5.41 Å². The molecule has 0 aromatic heterocycles.